The molecule has 1 aliphatic rings. The molecule has 0 radical (unpaired) electrons. The minimum absolute atomic E-state index is 0.0922. The lowest BCUT2D eigenvalue weighted by atomic mass is 9.97. The molecule has 1 amide bonds. The second-order valence-corrected chi connectivity index (χ2v) is 11.5. The fraction of sp³-hybridized carbons (Fsp3) is 0.381. The molecular weight excluding hydrogens is 438 g/mol. The molecule has 0 aliphatic carbocycles. The van der Waals surface area contributed by atoms with Gasteiger partial charge in [0, 0.05) is 24.7 Å². The van der Waals surface area contributed by atoms with E-state index in [4.69, 9.17) is 0 Å². The maximum Gasteiger partial charge on any atom is 0.261 e. The van der Waals surface area contributed by atoms with Crippen LogP contribution in [-0.2, 0) is 24.8 Å². The third-order valence-electron chi connectivity index (χ3n) is 5.44. The summed E-state index contributed by atoms with van der Waals surface area (Å²) < 4.78 is 52.7. The van der Waals surface area contributed by atoms with E-state index in [0.29, 0.717) is 37.3 Å². The second-order valence-electron chi connectivity index (χ2n) is 7.82. The summed E-state index contributed by atoms with van der Waals surface area (Å²) in [6.07, 6.45) is 2.06. The molecule has 1 heterocycles. The fourth-order valence-electron chi connectivity index (χ4n) is 3.58. The van der Waals surface area contributed by atoms with Crippen LogP contribution in [0.25, 0.3) is 0 Å². The molecule has 0 aromatic heterocycles. The predicted molar refractivity (Wildman–Crippen MR) is 121 cm³/mol. The molecule has 0 spiro atoms. The maximum atomic E-state index is 12.7. The molecule has 1 fully saturated rings. The SMILES string of the molecule is Cc1cccc(C)c1NS(=O)(=O)c1ccc(NC(=O)C2CCN(S(C)(=O)=O)CC2)cc1. The highest BCUT2D eigenvalue weighted by Gasteiger charge is 2.29. The number of para-hydroxylation sites is 1. The number of anilines is 2. The third kappa shape index (κ3) is 5.63. The van der Waals surface area contributed by atoms with Crippen LogP contribution in [0.3, 0.4) is 0 Å². The van der Waals surface area contributed by atoms with E-state index in [1.54, 1.807) is 12.1 Å². The number of sulfonamides is 2. The summed E-state index contributed by atoms with van der Waals surface area (Å²) in [6.45, 7) is 4.31. The molecule has 2 N–H and O–H groups in total. The molecule has 31 heavy (non-hydrogen) atoms. The average Bonchev–Trinajstić information content (AvgIpc) is 2.71. The first-order valence-corrected chi connectivity index (χ1v) is 13.3. The van der Waals surface area contributed by atoms with Crippen LogP contribution >= 0.6 is 0 Å². The molecule has 0 atom stereocenters. The molecule has 3 rings (SSSR count). The van der Waals surface area contributed by atoms with Crippen molar-refractivity contribution in [1.82, 2.24) is 4.31 Å². The van der Waals surface area contributed by atoms with Gasteiger partial charge in [0.1, 0.15) is 0 Å². The van der Waals surface area contributed by atoms with Crippen molar-refractivity contribution < 1.29 is 21.6 Å². The third-order valence-corrected chi connectivity index (χ3v) is 8.11. The summed E-state index contributed by atoms with van der Waals surface area (Å²) in [5.74, 6) is -0.482. The molecule has 0 unspecified atom stereocenters. The summed E-state index contributed by atoms with van der Waals surface area (Å²) >= 11 is 0. The van der Waals surface area contributed by atoms with E-state index in [-0.39, 0.29) is 16.7 Å². The Morgan fingerprint density at radius 3 is 2.00 bits per heavy atom. The largest absolute Gasteiger partial charge is 0.326 e. The van der Waals surface area contributed by atoms with Crippen molar-refractivity contribution in [2.75, 3.05) is 29.4 Å². The normalized spacial score (nSPS) is 16.1. The Morgan fingerprint density at radius 1 is 0.935 bits per heavy atom. The van der Waals surface area contributed by atoms with Crippen molar-refractivity contribution in [3.63, 3.8) is 0 Å². The van der Waals surface area contributed by atoms with E-state index < -0.39 is 20.0 Å². The minimum Gasteiger partial charge on any atom is -0.326 e. The van der Waals surface area contributed by atoms with Gasteiger partial charge in [0.15, 0.2) is 0 Å². The van der Waals surface area contributed by atoms with Gasteiger partial charge in [-0.3, -0.25) is 9.52 Å². The van der Waals surface area contributed by atoms with Gasteiger partial charge in [0.25, 0.3) is 10.0 Å². The molecule has 2 aromatic carbocycles. The molecule has 168 valence electrons. The van der Waals surface area contributed by atoms with Crippen LogP contribution < -0.4 is 10.0 Å². The fourth-order valence-corrected chi connectivity index (χ4v) is 5.66. The van der Waals surface area contributed by atoms with Gasteiger partial charge < -0.3 is 5.32 Å². The summed E-state index contributed by atoms with van der Waals surface area (Å²) in [6, 6.07) is 11.5. The van der Waals surface area contributed by atoms with Crippen LogP contribution in [0.15, 0.2) is 47.4 Å². The number of benzene rings is 2. The molecular formula is C21H27N3O5S2. The number of carbonyl (C=O) groups excluding carboxylic acids is 1. The predicted octanol–water partition coefficient (Wildman–Crippen LogP) is 2.71. The summed E-state index contributed by atoms with van der Waals surface area (Å²) in [5, 5.41) is 2.79. The Kier molecular flexibility index (Phi) is 6.73. The lowest BCUT2D eigenvalue weighted by Gasteiger charge is -2.29. The quantitative estimate of drug-likeness (QED) is 0.681. The van der Waals surface area contributed by atoms with Gasteiger partial charge in [-0.1, -0.05) is 18.2 Å². The van der Waals surface area contributed by atoms with Crippen molar-refractivity contribution >= 4 is 37.3 Å². The lowest BCUT2D eigenvalue weighted by Crippen LogP contribution is -2.40. The van der Waals surface area contributed by atoms with Gasteiger partial charge in [-0.2, -0.15) is 0 Å². The first-order valence-electron chi connectivity index (χ1n) is 9.92. The van der Waals surface area contributed by atoms with Crippen molar-refractivity contribution in [3.05, 3.63) is 53.6 Å². The van der Waals surface area contributed by atoms with Crippen LogP contribution in [0, 0.1) is 19.8 Å². The van der Waals surface area contributed by atoms with Crippen LogP contribution in [-0.4, -0.2) is 46.4 Å². The minimum atomic E-state index is -3.77. The molecule has 0 saturated carbocycles. The standard InChI is InChI=1S/C21H27N3O5S2/c1-15-5-4-6-16(2)20(15)23-31(28,29)19-9-7-18(8-10-19)22-21(25)17-11-13-24(14-12-17)30(3,26)27/h4-10,17,23H,11-14H2,1-3H3,(H,22,25). The van der Waals surface area contributed by atoms with E-state index in [9.17, 15) is 21.6 Å². The molecule has 10 heteroatoms. The van der Waals surface area contributed by atoms with Gasteiger partial charge in [-0.15, -0.1) is 0 Å². The maximum absolute atomic E-state index is 12.7. The highest BCUT2D eigenvalue weighted by molar-refractivity contribution is 7.92. The van der Waals surface area contributed by atoms with Gasteiger partial charge in [-0.25, -0.2) is 21.1 Å². The topological polar surface area (TPSA) is 113 Å². The molecule has 8 nitrogen and oxygen atoms in total. The van der Waals surface area contributed by atoms with E-state index in [0.717, 1.165) is 17.4 Å². The van der Waals surface area contributed by atoms with Gasteiger partial charge >= 0.3 is 0 Å². The molecule has 0 bridgehead atoms. The van der Waals surface area contributed by atoms with Gasteiger partial charge in [-0.05, 0) is 62.1 Å². The number of carbonyl (C=O) groups is 1. The van der Waals surface area contributed by atoms with Crippen LogP contribution in [0.1, 0.15) is 24.0 Å². The highest BCUT2D eigenvalue weighted by atomic mass is 32.2. The van der Waals surface area contributed by atoms with Gasteiger partial charge in [0.05, 0.1) is 16.8 Å². The number of piperidine rings is 1. The smallest absolute Gasteiger partial charge is 0.261 e. The van der Waals surface area contributed by atoms with E-state index >= 15 is 0 Å². The summed E-state index contributed by atoms with van der Waals surface area (Å²) in [4.78, 5) is 12.6. The van der Waals surface area contributed by atoms with Gasteiger partial charge in [0.2, 0.25) is 15.9 Å². The number of nitrogens with one attached hydrogen (secondary N) is 2. The zero-order valence-corrected chi connectivity index (χ0v) is 19.4. The first-order chi connectivity index (χ1) is 14.5. The Labute approximate surface area is 183 Å². The zero-order valence-electron chi connectivity index (χ0n) is 17.8. The Bertz CT molecular complexity index is 1150. The van der Waals surface area contributed by atoms with E-state index in [1.165, 1.54) is 16.4 Å². The monoisotopic (exact) mass is 465 g/mol. The summed E-state index contributed by atoms with van der Waals surface area (Å²) in [5.41, 5.74) is 2.70. The molecule has 1 aliphatic heterocycles. The lowest BCUT2D eigenvalue weighted by molar-refractivity contribution is -0.120. The van der Waals surface area contributed by atoms with Crippen LogP contribution in [0.4, 0.5) is 11.4 Å². The highest BCUT2D eigenvalue weighted by Crippen LogP contribution is 2.25. The van der Waals surface area contributed by atoms with Crippen molar-refractivity contribution in [2.45, 2.75) is 31.6 Å². The second kappa shape index (κ2) is 8.97. The van der Waals surface area contributed by atoms with Crippen LogP contribution in [0.2, 0.25) is 0 Å². The average molecular weight is 466 g/mol. The van der Waals surface area contributed by atoms with Crippen molar-refractivity contribution in [3.8, 4) is 0 Å². The Balaban J connectivity index is 1.64. The molecule has 2 aromatic rings. The zero-order chi connectivity index (χ0) is 22.8. The number of hydrogen-bond acceptors (Lipinski definition) is 5. The summed E-state index contributed by atoms with van der Waals surface area (Å²) in [7, 11) is -7.01. The Morgan fingerprint density at radius 2 is 1.48 bits per heavy atom. The van der Waals surface area contributed by atoms with E-state index in [1.807, 2.05) is 32.0 Å². The number of rotatable bonds is 6. The number of aryl methyl sites for hydroxylation is 2. The Hall–Kier alpha value is -2.43. The molecule has 1 saturated heterocycles. The van der Waals surface area contributed by atoms with Crippen molar-refractivity contribution in [1.29, 1.82) is 0 Å². The van der Waals surface area contributed by atoms with Crippen LogP contribution in [0.5, 0.6) is 0 Å². The number of amides is 1. The van der Waals surface area contributed by atoms with E-state index in [2.05, 4.69) is 10.0 Å². The number of nitrogens with zero attached hydrogens (tertiary/aromatic N) is 1. The van der Waals surface area contributed by atoms with Crippen molar-refractivity contribution in [2.24, 2.45) is 5.92 Å². The first kappa shape index (κ1) is 23.2. The number of hydrogen-bond donors (Lipinski definition) is 2.